The Morgan fingerprint density at radius 1 is 0.576 bits per heavy atom. The van der Waals surface area contributed by atoms with Gasteiger partial charge in [0.2, 0.25) is 11.2 Å². The third-order valence-electron chi connectivity index (χ3n) is 5.96. The summed E-state index contributed by atoms with van der Waals surface area (Å²) in [5.41, 5.74) is 7.60. The van der Waals surface area contributed by atoms with Crippen molar-refractivity contribution < 1.29 is 4.73 Å². The van der Waals surface area contributed by atoms with Gasteiger partial charge in [-0.25, -0.2) is 0 Å². The molecule has 0 aliphatic heterocycles. The number of hydrogen-bond acceptors (Lipinski definition) is 1. The van der Waals surface area contributed by atoms with Crippen LogP contribution in [0.15, 0.2) is 91.0 Å². The Kier molecular flexibility index (Phi) is 5.57. The zero-order valence-corrected chi connectivity index (χ0v) is 19.8. The number of benzene rings is 4. The minimum atomic E-state index is 0.436. The van der Waals surface area contributed by atoms with Crippen LogP contribution in [0.4, 0.5) is 0 Å². The number of halogens is 2. The molecular formula is C29H21Cl2NO. The van der Waals surface area contributed by atoms with E-state index in [1.54, 1.807) is 18.2 Å². The van der Waals surface area contributed by atoms with E-state index in [-0.39, 0.29) is 0 Å². The van der Waals surface area contributed by atoms with Crippen LogP contribution >= 0.6 is 23.2 Å². The number of pyridine rings is 1. The van der Waals surface area contributed by atoms with Crippen LogP contribution in [-0.2, 0) is 0 Å². The van der Waals surface area contributed by atoms with E-state index in [4.69, 9.17) is 23.2 Å². The second-order valence-electron chi connectivity index (χ2n) is 8.24. The molecule has 0 atom stereocenters. The molecule has 0 radical (unpaired) electrons. The molecule has 4 aromatic carbocycles. The first kappa shape index (κ1) is 21.5. The zero-order chi connectivity index (χ0) is 23.1. The molecule has 162 valence electrons. The van der Waals surface area contributed by atoms with E-state index in [1.807, 2.05) is 43.3 Å². The molecule has 4 heteroatoms. The van der Waals surface area contributed by atoms with Gasteiger partial charge in [0.1, 0.15) is 0 Å². The van der Waals surface area contributed by atoms with Gasteiger partial charge >= 0.3 is 0 Å². The predicted molar refractivity (Wildman–Crippen MR) is 139 cm³/mol. The maximum atomic E-state index is 13.9. The number of rotatable bonds is 3. The molecule has 0 bridgehead atoms. The van der Waals surface area contributed by atoms with E-state index in [1.165, 1.54) is 5.56 Å². The van der Waals surface area contributed by atoms with E-state index < -0.39 is 0 Å². The van der Waals surface area contributed by atoms with Crippen LogP contribution in [0.1, 0.15) is 11.1 Å². The lowest BCUT2D eigenvalue weighted by atomic mass is 9.87. The summed E-state index contributed by atoms with van der Waals surface area (Å²) >= 11 is 13.3. The molecule has 2 nitrogen and oxygen atoms in total. The molecule has 0 spiro atoms. The lowest BCUT2D eigenvalue weighted by molar-refractivity contribution is -0.564. The standard InChI is InChI=1S/C29H21Cl2NO/c1-18-10-14-20(15-11-18)26-22-6-3-4-9-25(22)32(33)29(28-23(30)7-5-8-24(28)31)27(26)21-16-12-19(2)13-17-21/h3-17H,1-2H3. The average molecular weight is 470 g/mol. The predicted octanol–water partition coefficient (Wildman–Crippen LogP) is 8.40. The number of nitrogens with zero attached hydrogens (tertiary/aromatic N) is 1. The number of aryl methyl sites for hydroxylation is 2. The van der Waals surface area contributed by atoms with Gasteiger partial charge in [-0.2, -0.15) is 4.73 Å². The zero-order valence-electron chi connectivity index (χ0n) is 18.3. The second kappa shape index (κ2) is 8.55. The summed E-state index contributed by atoms with van der Waals surface area (Å²) in [4.78, 5) is 0. The SMILES string of the molecule is Cc1ccc(-c2c(-c3ccc(C)cc3)c3ccccc3[n+]([O-])c2-c2c(Cl)cccc2Cl)cc1. The van der Waals surface area contributed by atoms with Crippen molar-refractivity contribution >= 4 is 34.1 Å². The Labute approximate surface area is 203 Å². The molecule has 0 amide bonds. The first-order valence-corrected chi connectivity index (χ1v) is 11.5. The monoisotopic (exact) mass is 469 g/mol. The number of aromatic nitrogens is 1. The number of fused-ring (bicyclic) bond motifs is 1. The summed E-state index contributed by atoms with van der Waals surface area (Å²) in [6, 6.07) is 29.6. The van der Waals surface area contributed by atoms with Crippen molar-refractivity contribution in [2.45, 2.75) is 13.8 Å². The van der Waals surface area contributed by atoms with Gasteiger partial charge in [0, 0.05) is 11.6 Å². The molecule has 5 rings (SSSR count). The fraction of sp³-hybridized carbons (Fsp3) is 0.0690. The van der Waals surface area contributed by atoms with E-state index in [2.05, 4.69) is 43.3 Å². The summed E-state index contributed by atoms with van der Waals surface area (Å²) in [5, 5.41) is 15.7. The van der Waals surface area contributed by atoms with Gasteiger partial charge in [0.15, 0.2) is 0 Å². The average Bonchev–Trinajstić information content (AvgIpc) is 2.81. The maximum Gasteiger partial charge on any atom is 0.235 e. The van der Waals surface area contributed by atoms with Gasteiger partial charge in [-0.05, 0) is 43.2 Å². The Morgan fingerprint density at radius 2 is 1.09 bits per heavy atom. The van der Waals surface area contributed by atoms with E-state index in [0.29, 0.717) is 26.8 Å². The molecule has 0 unspecified atom stereocenters. The van der Waals surface area contributed by atoms with Crippen molar-refractivity contribution in [2.24, 2.45) is 0 Å². The van der Waals surface area contributed by atoms with Gasteiger partial charge in [-0.15, -0.1) is 0 Å². The summed E-state index contributed by atoms with van der Waals surface area (Å²) in [5.74, 6) is 0. The normalized spacial score (nSPS) is 11.2. The molecule has 0 aliphatic carbocycles. The van der Waals surface area contributed by atoms with Gasteiger partial charge in [0.05, 0.1) is 26.6 Å². The molecule has 1 aromatic heterocycles. The van der Waals surface area contributed by atoms with Crippen LogP contribution < -0.4 is 4.73 Å². The Bertz CT molecular complexity index is 1470. The molecule has 0 N–H and O–H groups in total. The van der Waals surface area contributed by atoms with E-state index in [9.17, 15) is 5.21 Å². The van der Waals surface area contributed by atoms with Gasteiger partial charge < -0.3 is 5.21 Å². The molecule has 0 fully saturated rings. The minimum Gasteiger partial charge on any atom is -0.618 e. The molecular weight excluding hydrogens is 449 g/mol. The highest BCUT2D eigenvalue weighted by Crippen LogP contribution is 2.45. The topological polar surface area (TPSA) is 26.9 Å². The third-order valence-corrected chi connectivity index (χ3v) is 6.59. The fourth-order valence-corrected chi connectivity index (χ4v) is 4.89. The number of hydrogen-bond donors (Lipinski definition) is 0. The second-order valence-corrected chi connectivity index (χ2v) is 9.05. The minimum absolute atomic E-state index is 0.436. The van der Waals surface area contributed by atoms with Crippen molar-refractivity contribution in [3.05, 3.63) is 117 Å². The van der Waals surface area contributed by atoms with Crippen molar-refractivity contribution in [2.75, 3.05) is 0 Å². The number of para-hydroxylation sites is 1. The summed E-state index contributed by atoms with van der Waals surface area (Å²) in [7, 11) is 0. The maximum absolute atomic E-state index is 13.9. The van der Waals surface area contributed by atoms with Crippen LogP contribution in [0, 0.1) is 19.1 Å². The Hall–Kier alpha value is -3.33. The Balaban J connectivity index is 2.04. The summed E-state index contributed by atoms with van der Waals surface area (Å²) < 4.78 is 0.968. The first-order chi connectivity index (χ1) is 16.0. The molecule has 5 aromatic rings. The quantitative estimate of drug-likeness (QED) is 0.192. The lowest BCUT2D eigenvalue weighted by Gasteiger charge is -2.20. The third kappa shape index (κ3) is 3.76. The highest BCUT2D eigenvalue weighted by molar-refractivity contribution is 6.39. The van der Waals surface area contributed by atoms with E-state index in [0.717, 1.165) is 37.9 Å². The van der Waals surface area contributed by atoms with Gasteiger partial charge in [-0.1, -0.05) is 101 Å². The van der Waals surface area contributed by atoms with Crippen LogP contribution in [0.5, 0.6) is 0 Å². The van der Waals surface area contributed by atoms with Crippen molar-refractivity contribution in [1.82, 2.24) is 0 Å². The smallest absolute Gasteiger partial charge is 0.235 e. The molecule has 33 heavy (non-hydrogen) atoms. The van der Waals surface area contributed by atoms with Crippen LogP contribution in [0.25, 0.3) is 44.4 Å². The summed E-state index contributed by atoms with van der Waals surface area (Å²) in [6.07, 6.45) is 0. The molecule has 0 saturated carbocycles. The van der Waals surface area contributed by atoms with Crippen LogP contribution in [0.2, 0.25) is 10.0 Å². The van der Waals surface area contributed by atoms with Crippen molar-refractivity contribution in [1.29, 1.82) is 0 Å². The highest BCUT2D eigenvalue weighted by Gasteiger charge is 2.29. The van der Waals surface area contributed by atoms with Gasteiger partial charge in [0.25, 0.3) is 0 Å². The van der Waals surface area contributed by atoms with Crippen LogP contribution in [0.3, 0.4) is 0 Å². The molecule has 1 heterocycles. The van der Waals surface area contributed by atoms with Crippen molar-refractivity contribution in [3.8, 4) is 33.5 Å². The first-order valence-electron chi connectivity index (χ1n) is 10.7. The van der Waals surface area contributed by atoms with E-state index >= 15 is 0 Å². The van der Waals surface area contributed by atoms with Gasteiger partial charge in [-0.3, -0.25) is 0 Å². The largest absolute Gasteiger partial charge is 0.618 e. The van der Waals surface area contributed by atoms with Crippen LogP contribution in [-0.4, -0.2) is 0 Å². The molecule has 0 aliphatic rings. The fourth-order valence-electron chi connectivity index (χ4n) is 4.31. The Morgan fingerprint density at radius 3 is 1.67 bits per heavy atom. The molecule has 0 saturated heterocycles. The lowest BCUT2D eigenvalue weighted by Crippen LogP contribution is -2.31. The highest BCUT2D eigenvalue weighted by atomic mass is 35.5. The van der Waals surface area contributed by atoms with Crippen molar-refractivity contribution in [3.63, 3.8) is 0 Å². The summed E-state index contributed by atoms with van der Waals surface area (Å²) in [6.45, 7) is 4.11.